The highest BCUT2D eigenvalue weighted by molar-refractivity contribution is 5.79. The fourth-order valence-corrected chi connectivity index (χ4v) is 2.35. The second-order valence-corrected chi connectivity index (χ2v) is 5.10. The van der Waals surface area contributed by atoms with Gasteiger partial charge in [-0.15, -0.1) is 0 Å². The van der Waals surface area contributed by atoms with Gasteiger partial charge in [0.15, 0.2) is 0 Å². The second kappa shape index (κ2) is 7.17. The third-order valence-corrected chi connectivity index (χ3v) is 3.67. The maximum Gasteiger partial charge on any atom is 0.233 e. The number of piperazine rings is 1. The van der Waals surface area contributed by atoms with Crippen LogP contribution in [0, 0.1) is 5.82 Å². The molecule has 0 aromatic heterocycles. The van der Waals surface area contributed by atoms with Crippen molar-refractivity contribution in [1.82, 2.24) is 15.1 Å². The Kier molecular flexibility index (Phi) is 5.27. The van der Waals surface area contributed by atoms with Gasteiger partial charge in [-0.2, -0.15) is 0 Å². The number of halogens is 1. The first-order valence-corrected chi connectivity index (χ1v) is 7.04. The van der Waals surface area contributed by atoms with Gasteiger partial charge < -0.3 is 10.2 Å². The van der Waals surface area contributed by atoms with E-state index in [9.17, 15) is 14.0 Å². The van der Waals surface area contributed by atoms with E-state index < -0.39 is 0 Å². The number of rotatable bonds is 4. The van der Waals surface area contributed by atoms with Crippen LogP contribution < -0.4 is 5.32 Å². The molecule has 1 aliphatic rings. The van der Waals surface area contributed by atoms with Crippen LogP contribution in [0.4, 0.5) is 4.39 Å². The molecular formula is C15H20FN3O2. The summed E-state index contributed by atoms with van der Waals surface area (Å²) in [7, 11) is 1.61. The van der Waals surface area contributed by atoms with Crippen molar-refractivity contribution in [3.05, 3.63) is 35.6 Å². The smallest absolute Gasteiger partial charge is 0.233 e. The summed E-state index contributed by atoms with van der Waals surface area (Å²) in [6.07, 6.45) is 0.0854. The molecule has 0 radical (unpaired) electrons. The van der Waals surface area contributed by atoms with Gasteiger partial charge in [0, 0.05) is 33.2 Å². The Morgan fingerprint density at radius 2 is 1.86 bits per heavy atom. The molecule has 1 N–H and O–H groups in total. The molecule has 1 aromatic rings. The van der Waals surface area contributed by atoms with Crippen molar-refractivity contribution in [2.24, 2.45) is 0 Å². The minimum absolute atomic E-state index is 0.0267. The number of hydrogen-bond donors (Lipinski definition) is 1. The van der Waals surface area contributed by atoms with Crippen LogP contribution in [0.2, 0.25) is 0 Å². The molecule has 0 aliphatic carbocycles. The summed E-state index contributed by atoms with van der Waals surface area (Å²) in [5.41, 5.74) is 0.426. The van der Waals surface area contributed by atoms with E-state index in [1.54, 1.807) is 30.1 Å². The predicted molar refractivity (Wildman–Crippen MR) is 77.2 cm³/mol. The van der Waals surface area contributed by atoms with Crippen molar-refractivity contribution >= 4 is 11.8 Å². The first kappa shape index (κ1) is 15.4. The normalized spacial score (nSPS) is 15.8. The number of hydrogen-bond acceptors (Lipinski definition) is 3. The lowest BCUT2D eigenvalue weighted by Crippen LogP contribution is -2.51. The average Bonchev–Trinajstić information content (AvgIpc) is 2.50. The van der Waals surface area contributed by atoms with Crippen LogP contribution in [0.5, 0.6) is 0 Å². The Morgan fingerprint density at radius 1 is 1.19 bits per heavy atom. The van der Waals surface area contributed by atoms with Crippen LogP contribution in [0.15, 0.2) is 24.3 Å². The summed E-state index contributed by atoms with van der Waals surface area (Å²) in [6.45, 7) is 2.83. The summed E-state index contributed by atoms with van der Waals surface area (Å²) in [6, 6.07) is 6.34. The van der Waals surface area contributed by atoms with Gasteiger partial charge in [0.25, 0.3) is 0 Å². The summed E-state index contributed by atoms with van der Waals surface area (Å²) in [5, 5.41) is 2.58. The molecule has 6 heteroatoms. The molecule has 1 saturated heterocycles. The Morgan fingerprint density at radius 3 is 2.48 bits per heavy atom. The van der Waals surface area contributed by atoms with E-state index in [4.69, 9.17) is 0 Å². The minimum atomic E-state index is -0.343. The van der Waals surface area contributed by atoms with Crippen LogP contribution in [-0.2, 0) is 16.0 Å². The quantitative estimate of drug-likeness (QED) is 0.866. The molecule has 21 heavy (non-hydrogen) atoms. The molecule has 2 rings (SSSR count). The van der Waals surface area contributed by atoms with Gasteiger partial charge in [0.2, 0.25) is 11.8 Å². The first-order valence-electron chi connectivity index (χ1n) is 7.04. The van der Waals surface area contributed by atoms with Crippen LogP contribution in [0.25, 0.3) is 0 Å². The number of nitrogens with zero attached hydrogens (tertiary/aromatic N) is 2. The second-order valence-electron chi connectivity index (χ2n) is 5.10. The van der Waals surface area contributed by atoms with E-state index in [0.29, 0.717) is 38.3 Å². The molecule has 1 heterocycles. The fourth-order valence-electron chi connectivity index (χ4n) is 2.35. The minimum Gasteiger partial charge on any atom is -0.358 e. The number of likely N-dealkylation sites (N-methyl/N-ethyl adjacent to an activating group) is 1. The van der Waals surface area contributed by atoms with Crippen molar-refractivity contribution < 1.29 is 14.0 Å². The molecule has 2 amide bonds. The van der Waals surface area contributed by atoms with E-state index in [1.807, 2.05) is 4.90 Å². The van der Waals surface area contributed by atoms with Gasteiger partial charge in [-0.25, -0.2) is 4.39 Å². The average molecular weight is 293 g/mol. The van der Waals surface area contributed by atoms with Crippen LogP contribution in [0.3, 0.4) is 0 Å². The third kappa shape index (κ3) is 4.26. The maximum atomic E-state index is 13.5. The third-order valence-electron chi connectivity index (χ3n) is 3.67. The summed E-state index contributed by atoms with van der Waals surface area (Å²) < 4.78 is 13.5. The predicted octanol–water partition coefficient (Wildman–Crippen LogP) is 0.258. The highest BCUT2D eigenvalue weighted by Gasteiger charge is 2.22. The first-order chi connectivity index (χ1) is 10.1. The lowest BCUT2D eigenvalue weighted by atomic mass is 10.1. The monoisotopic (exact) mass is 293 g/mol. The molecule has 0 atom stereocenters. The highest BCUT2D eigenvalue weighted by Crippen LogP contribution is 2.10. The number of carbonyl (C=O) groups excluding carboxylic acids is 2. The van der Waals surface area contributed by atoms with Gasteiger partial charge in [-0.3, -0.25) is 14.5 Å². The van der Waals surface area contributed by atoms with Gasteiger partial charge in [0.05, 0.1) is 13.0 Å². The van der Waals surface area contributed by atoms with Gasteiger partial charge >= 0.3 is 0 Å². The number of nitrogens with one attached hydrogen (secondary N) is 1. The molecule has 1 fully saturated rings. The van der Waals surface area contributed by atoms with Crippen molar-refractivity contribution in [2.45, 2.75) is 6.42 Å². The molecule has 0 spiro atoms. The summed E-state index contributed by atoms with van der Waals surface area (Å²) in [5.74, 6) is -0.440. The molecule has 0 saturated carbocycles. The molecule has 1 aliphatic heterocycles. The summed E-state index contributed by atoms with van der Waals surface area (Å²) >= 11 is 0. The fraction of sp³-hybridized carbons (Fsp3) is 0.467. The SMILES string of the molecule is CNC(=O)CN1CCN(C(=O)Cc2ccccc2F)CC1. The number of amides is 2. The van der Waals surface area contributed by atoms with Crippen LogP contribution >= 0.6 is 0 Å². The lowest BCUT2D eigenvalue weighted by molar-refractivity contribution is -0.132. The Balaban J connectivity index is 1.83. The molecular weight excluding hydrogens is 273 g/mol. The van der Waals surface area contributed by atoms with Gasteiger partial charge in [0.1, 0.15) is 5.82 Å². The van der Waals surface area contributed by atoms with E-state index in [-0.39, 0.29) is 24.1 Å². The standard InChI is InChI=1S/C15H20FN3O2/c1-17-14(20)11-18-6-8-19(9-7-18)15(21)10-12-4-2-3-5-13(12)16/h2-5H,6-11H2,1H3,(H,17,20). The zero-order valence-corrected chi connectivity index (χ0v) is 12.1. The van der Waals surface area contributed by atoms with E-state index in [2.05, 4.69) is 5.32 Å². The molecule has 0 bridgehead atoms. The van der Waals surface area contributed by atoms with Crippen LogP contribution in [-0.4, -0.2) is 61.4 Å². The van der Waals surface area contributed by atoms with Crippen molar-refractivity contribution in [3.63, 3.8) is 0 Å². The van der Waals surface area contributed by atoms with Gasteiger partial charge in [-0.05, 0) is 11.6 Å². The maximum absolute atomic E-state index is 13.5. The molecule has 114 valence electrons. The molecule has 0 unspecified atom stereocenters. The Hall–Kier alpha value is -1.95. The van der Waals surface area contributed by atoms with E-state index >= 15 is 0 Å². The number of carbonyl (C=O) groups is 2. The Labute approximate surface area is 123 Å². The summed E-state index contributed by atoms with van der Waals surface area (Å²) in [4.78, 5) is 27.2. The topological polar surface area (TPSA) is 52.7 Å². The molecule has 1 aromatic carbocycles. The van der Waals surface area contributed by atoms with Gasteiger partial charge in [-0.1, -0.05) is 18.2 Å². The highest BCUT2D eigenvalue weighted by atomic mass is 19.1. The van der Waals surface area contributed by atoms with Crippen LogP contribution in [0.1, 0.15) is 5.56 Å². The van der Waals surface area contributed by atoms with E-state index in [0.717, 1.165) is 0 Å². The van der Waals surface area contributed by atoms with Crippen molar-refractivity contribution in [1.29, 1.82) is 0 Å². The molecule has 5 nitrogen and oxygen atoms in total. The number of benzene rings is 1. The van der Waals surface area contributed by atoms with Crippen molar-refractivity contribution in [3.8, 4) is 0 Å². The Bertz CT molecular complexity index is 513. The zero-order chi connectivity index (χ0) is 15.2. The van der Waals surface area contributed by atoms with Crippen molar-refractivity contribution in [2.75, 3.05) is 39.8 Å². The lowest BCUT2D eigenvalue weighted by Gasteiger charge is -2.34. The zero-order valence-electron chi connectivity index (χ0n) is 12.1. The largest absolute Gasteiger partial charge is 0.358 e. The van der Waals surface area contributed by atoms with E-state index in [1.165, 1.54) is 6.07 Å².